The van der Waals surface area contributed by atoms with Crippen LogP contribution >= 0.6 is 0 Å². The molecule has 0 amide bonds. The number of halogens is 3. The van der Waals surface area contributed by atoms with Crippen molar-refractivity contribution in [3.05, 3.63) is 34.9 Å². The normalized spacial score (nSPS) is 18.2. The van der Waals surface area contributed by atoms with Crippen molar-refractivity contribution < 1.29 is 18.3 Å². The van der Waals surface area contributed by atoms with Gasteiger partial charge in [-0.1, -0.05) is 31.4 Å². The predicted molar refractivity (Wildman–Crippen MR) is 78.3 cm³/mol. The SMILES string of the molecule is BC(B)(O)c1ccc(C2CCCCC2)c(C(F)(F)F)c1. The van der Waals surface area contributed by atoms with Gasteiger partial charge < -0.3 is 5.11 Å². The summed E-state index contributed by atoms with van der Waals surface area (Å²) >= 11 is 0. The minimum atomic E-state index is -4.37. The molecule has 1 aromatic carbocycles. The smallest absolute Gasteiger partial charge is 0.403 e. The van der Waals surface area contributed by atoms with Crippen LogP contribution < -0.4 is 0 Å². The van der Waals surface area contributed by atoms with Crippen LogP contribution in [0.25, 0.3) is 0 Å². The van der Waals surface area contributed by atoms with Crippen LogP contribution in [-0.2, 0) is 11.6 Å². The van der Waals surface area contributed by atoms with E-state index in [1.807, 2.05) is 0 Å². The third kappa shape index (κ3) is 3.40. The Bertz CT molecular complexity index is 474. The predicted octanol–water partition coefficient (Wildman–Crippen LogP) is 2.12. The van der Waals surface area contributed by atoms with Gasteiger partial charge in [-0.3, -0.25) is 0 Å². The fourth-order valence-corrected chi connectivity index (χ4v) is 2.95. The molecule has 0 atom stereocenters. The molecule has 0 aromatic heterocycles. The average molecular weight is 282 g/mol. The van der Waals surface area contributed by atoms with E-state index < -0.39 is 17.1 Å². The van der Waals surface area contributed by atoms with Gasteiger partial charge in [0.25, 0.3) is 0 Å². The van der Waals surface area contributed by atoms with Crippen LogP contribution in [0.1, 0.15) is 54.7 Å². The van der Waals surface area contributed by atoms with Crippen molar-refractivity contribution in [1.82, 2.24) is 0 Å². The largest absolute Gasteiger partial charge is 0.416 e. The molecule has 1 aliphatic rings. The van der Waals surface area contributed by atoms with Crippen LogP contribution in [0.4, 0.5) is 13.2 Å². The number of alkyl halides is 3. The molecular weight excluding hydrogens is 263 g/mol. The summed E-state index contributed by atoms with van der Waals surface area (Å²) in [5.41, 5.74) is 0.124. The highest BCUT2D eigenvalue weighted by Crippen LogP contribution is 2.41. The van der Waals surface area contributed by atoms with Crippen molar-refractivity contribution in [3.8, 4) is 0 Å². The zero-order valence-corrected chi connectivity index (χ0v) is 11.9. The summed E-state index contributed by atoms with van der Waals surface area (Å²) < 4.78 is 39.9. The Hall–Kier alpha value is -0.900. The minimum Gasteiger partial charge on any atom is -0.403 e. The van der Waals surface area contributed by atoms with Gasteiger partial charge in [0.05, 0.1) is 5.56 Å². The summed E-state index contributed by atoms with van der Waals surface area (Å²) in [5, 5.41) is 8.65. The molecular formula is C14H19B2F3O. The number of aliphatic hydroxyl groups is 1. The lowest BCUT2D eigenvalue weighted by atomic mass is 9.61. The first-order valence-electron chi connectivity index (χ1n) is 7.13. The first-order chi connectivity index (χ1) is 9.19. The van der Waals surface area contributed by atoms with E-state index in [0.29, 0.717) is 11.1 Å². The lowest BCUT2D eigenvalue weighted by Gasteiger charge is -2.27. The maximum atomic E-state index is 13.3. The van der Waals surface area contributed by atoms with Crippen molar-refractivity contribution in [2.45, 2.75) is 49.6 Å². The Labute approximate surface area is 119 Å². The lowest BCUT2D eigenvalue weighted by Crippen LogP contribution is -2.27. The van der Waals surface area contributed by atoms with Crippen molar-refractivity contribution in [2.24, 2.45) is 0 Å². The average Bonchev–Trinajstić information content (AvgIpc) is 2.37. The van der Waals surface area contributed by atoms with Crippen LogP contribution in [0.3, 0.4) is 0 Å². The third-order valence-electron chi connectivity index (χ3n) is 4.11. The molecule has 0 aliphatic heterocycles. The third-order valence-corrected chi connectivity index (χ3v) is 4.11. The lowest BCUT2D eigenvalue weighted by molar-refractivity contribution is -0.138. The van der Waals surface area contributed by atoms with Gasteiger partial charge in [0, 0.05) is 5.40 Å². The molecule has 1 nitrogen and oxygen atoms in total. The number of benzene rings is 1. The van der Waals surface area contributed by atoms with Crippen LogP contribution in [0, 0.1) is 0 Å². The Balaban J connectivity index is 2.45. The monoisotopic (exact) mass is 282 g/mol. The van der Waals surface area contributed by atoms with Crippen LogP contribution in [-0.4, -0.2) is 20.8 Å². The molecule has 0 unspecified atom stereocenters. The summed E-state index contributed by atoms with van der Waals surface area (Å²) in [6.07, 6.45) is 0.383. The van der Waals surface area contributed by atoms with Crippen molar-refractivity contribution in [1.29, 1.82) is 0 Å². The van der Waals surface area contributed by atoms with E-state index in [4.69, 9.17) is 0 Å². The van der Waals surface area contributed by atoms with E-state index in [1.54, 1.807) is 12.1 Å². The van der Waals surface area contributed by atoms with Gasteiger partial charge in [0.2, 0.25) is 0 Å². The second-order valence-corrected chi connectivity index (χ2v) is 6.19. The molecule has 1 saturated carbocycles. The second kappa shape index (κ2) is 5.47. The van der Waals surface area contributed by atoms with E-state index in [2.05, 4.69) is 0 Å². The number of hydrogen-bond donors (Lipinski definition) is 1. The van der Waals surface area contributed by atoms with E-state index in [-0.39, 0.29) is 5.92 Å². The van der Waals surface area contributed by atoms with E-state index >= 15 is 0 Å². The Morgan fingerprint density at radius 1 is 1.05 bits per heavy atom. The molecule has 0 saturated heterocycles. The fourth-order valence-electron chi connectivity index (χ4n) is 2.95. The highest BCUT2D eigenvalue weighted by Gasteiger charge is 2.36. The summed E-state index contributed by atoms with van der Waals surface area (Å²) in [6, 6.07) is 4.30. The molecule has 0 spiro atoms. The van der Waals surface area contributed by atoms with Crippen molar-refractivity contribution >= 4 is 15.7 Å². The van der Waals surface area contributed by atoms with Gasteiger partial charge in [0.1, 0.15) is 15.7 Å². The van der Waals surface area contributed by atoms with Gasteiger partial charge in [-0.25, -0.2) is 0 Å². The molecule has 0 bridgehead atoms. The molecule has 0 radical (unpaired) electrons. The van der Waals surface area contributed by atoms with Gasteiger partial charge in [-0.05, 0) is 36.0 Å². The molecule has 2 rings (SSSR count). The van der Waals surface area contributed by atoms with E-state index in [9.17, 15) is 18.3 Å². The zero-order valence-electron chi connectivity index (χ0n) is 11.9. The summed E-state index contributed by atoms with van der Waals surface area (Å²) in [7, 11) is 3.01. The minimum absolute atomic E-state index is 0.00349. The highest BCUT2D eigenvalue weighted by atomic mass is 19.4. The topological polar surface area (TPSA) is 20.2 Å². The quantitative estimate of drug-likeness (QED) is 0.824. The summed E-state index contributed by atoms with van der Waals surface area (Å²) in [5.74, 6) is -0.00349. The van der Waals surface area contributed by atoms with Crippen molar-refractivity contribution in [2.75, 3.05) is 0 Å². The first kappa shape index (κ1) is 15.5. The van der Waals surface area contributed by atoms with Crippen LogP contribution in [0.2, 0.25) is 0 Å². The number of rotatable bonds is 2. The summed E-state index contributed by atoms with van der Waals surface area (Å²) in [6.45, 7) is 0. The van der Waals surface area contributed by atoms with Crippen molar-refractivity contribution in [3.63, 3.8) is 0 Å². The molecule has 6 heteroatoms. The Morgan fingerprint density at radius 2 is 1.65 bits per heavy atom. The Morgan fingerprint density at radius 3 is 2.15 bits per heavy atom. The highest BCUT2D eigenvalue weighted by molar-refractivity contribution is 6.38. The summed E-state index contributed by atoms with van der Waals surface area (Å²) in [4.78, 5) is 0. The van der Waals surface area contributed by atoms with Crippen LogP contribution in [0.5, 0.6) is 0 Å². The van der Waals surface area contributed by atoms with Gasteiger partial charge in [-0.15, -0.1) is 0 Å². The maximum Gasteiger partial charge on any atom is 0.416 e. The molecule has 0 heterocycles. The fraction of sp³-hybridized carbons (Fsp3) is 0.571. The van der Waals surface area contributed by atoms with Gasteiger partial charge in [-0.2, -0.15) is 13.2 Å². The number of hydrogen-bond acceptors (Lipinski definition) is 1. The molecule has 1 fully saturated rings. The van der Waals surface area contributed by atoms with E-state index in [0.717, 1.165) is 38.2 Å². The van der Waals surface area contributed by atoms with E-state index in [1.165, 1.54) is 15.7 Å². The molecule has 1 aromatic rings. The standard InChI is InChI=1S/C14H19B2F3O/c15-13(16,20)10-6-7-11(9-4-2-1-3-5-9)12(8-10)14(17,18)19/h6-9,20H,1-5,15-16H2. The second-order valence-electron chi connectivity index (χ2n) is 6.19. The Kier molecular flexibility index (Phi) is 4.24. The molecule has 1 aliphatic carbocycles. The van der Waals surface area contributed by atoms with Crippen LogP contribution in [0.15, 0.2) is 18.2 Å². The molecule has 1 N–H and O–H groups in total. The zero-order chi connectivity index (χ0) is 15.0. The maximum absolute atomic E-state index is 13.3. The molecule has 20 heavy (non-hydrogen) atoms. The molecule has 108 valence electrons. The first-order valence-corrected chi connectivity index (χ1v) is 7.13. The van der Waals surface area contributed by atoms with Gasteiger partial charge in [0.15, 0.2) is 0 Å². The van der Waals surface area contributed by atoms with Gasteiger partial charge >= 0.3 is 6.18 Å².